The second-order valence-electron chi connectivity index (χ2n) is 12.7. The molecule has 4 heterocycles. The highest BCUT2D eigenvalue weighted by molar-refractivity contribution is 14.1. The Morgan fingerprint density at radius 2 is 1.74 bits per heavy atom. The SMILES string of the molecule is CC.CC.CC.CCC(=O)Nc1ccc(COC(=O)N(CCc2c3c(nc4ccccc24)-c2cc4c(c(=O)n2C3)COC(=O)C4O)C(C)C)cc1OC(CC)OI. The molecular weight excluding hydrogens is 843 g/mol. The zero-order valence-corrected chi connectivity index (χ0v) is 36.9. The van der Waals surface area contributed by atoms with Gasteiger partial charge in [-0.1, -0.05) is 79.7 Å². The molecule has 2 atom stereocenters. The summed E-state index contributed by atoms with van der Waals surface area (Å²) in [5.41, 5.74) is 4.94. The molecule has 2 amide bonds. The minimum Gasteiger partial charge on any atom is -0.462 e. The fourth-order valence-corrected chi connectivity index (χ4v) is 6.83. The van der Waals surface area contributed by atoms with E-state index < -0.39 is 24.5 Å². The number of anilines is 1. The number of esters is 1. The van der Waals surface area contributed by atoms with E-state index in [1.807, 2.05) is 86.6 Å². The maximum absolute atomic E-state index is 13.6. The Morgan fingerprint density at radius 3 is 2.39 bits per heavy atom. The van der Waals surface area contributed by atoms with Gasteiger partial charge in [0.2, 0.25) is 12.2 Å². The molecule has 2 aliphatic heterocycles. The molecule has 2 unspecified atom stereocenters. The molecule has 6 rings (SSSR count). The zero-order valence-electron chi connectivity index (χ0n) is 34.7. The number of aromatic nitrogens is 2. The fraction of sp³-hybridized carbons (Fsp3) is 0.465. The molecule has 2 aromatic heterocycles. The van der Waals surface area contributed by atoms with E-state index in [1.165, 1.54) is 0 Å². The van der Waals surface area contributed by atoms with E-state index >= 15 is 0 Å². The number of benzene rings is 2. The monoisotopic (exact) mass is 900 g/mol. The van der Waals surface area contributed by atoms with E-state index in [0.717, 1.165) is 22.0 Å². The van der Waals surface area contributed by atoms with Crippen LogP contribution in [0.4, 0.5) is 10.5 Å². The van der Waals surface area contributed by atoms with Gasteiger partial charge >= 0.3 is 12.1 Å². The smallest absolute Gasteiger partial charge is 0.410 e. The molecule has 57 heavy (non-hydrogen) atoms. The number of amides is 2. The van der Waals surface area contributed by atoms with Crippen molar-refractivity contribution in [3.63, 3.8) is 0 Å². The maximum atomic E-state index is 13.6. The third-order valence-corrected chi connectivity index (χ3v) is 9.70. The number of carbonyl (C=O) groups excluding carboxylic acids is 3. The van der Waals surface area contributed by atoms with Crippen molar-refractivity contribution >= 4 is 57.6 Å². The van der Waals surface area contributed by atoms with Gasteiger partial charge in [0.15, 0.2) is 6.10 Å². The molecule has 310 valence electrons. The van der Waals surface area contributed by atoms with Gasteiger partial charge in [0.05, 0.1) is 34.7 Å². The average Bonchev–Trinajstić information content (AvgIpc) is 3.61. The number of aliphatic hydroxyl groups is 1. The molecule has 14 heteroatoms. The van der Waals surface area contributed by atoms with Crippen LogP contribution in [0.1, 0.15) is 116 Å². The largest absolute Gasteiger partial charge is 0.462 e. The summed E-state index contributed by atoms with van der Waals surface area (Å²) in [6, 6.07) is 14.3. The molecule has 0 aliphatic carbocycles. The first kappa shape index (κ1) is 46.8. The van der Waals surface area contributed by atoms with Crippen LogP contribution in [0.15, 0.2) is 53.3 Å². The third-order valence-electron chi connectivity index (χ3n) is 9.14. The van der Waals surface area contributed by atoms with Gasteiger partial charge in [-0.15, -0.1) is 0 Å². The van der Waals surface area contributed by atoms with Gasteiger partial charge in [0.25, 0.3) is 5.56 Å². The molecule has 0 fully saturated rings. The van der Waals surface area contributed by atoms with Crippen molar-refractivity contribution in [2.75, 3.05) is 11.9 Å². The van der Waals surface area contributed by atoms with Crippen LogP contribution in [0.5, 0.6) is 5.75 Å². The lowest BCUT2D eigenvalue weighted by Crippen LogP contribution is -2.39. The van der Waals surface area contributed by atoms with E-state index in [0.29, 0.717) is 54.2 Å². The topological polar surface area (TPSA) is 159 Å². The second-order valence-corrected chi connectivity index (χ2v) is 13.2. The molecule has 2 N–H and O–H groups in total. The number of fused-ring (bicyclic) bond motifs is 5. The summed E-state index contributed by atoms with van der Waals surface area (Å²) in [5, 5.41) is 14.3. The number of ether oxygens (including phenoxy) is 3. The summed E-state index contributed by atoms with van der Waals surface area (Å²) in [6.07, 6.45) is -1.25. The predicted octanol–water partition coefficient (Wildman–Crippen LogP) is 9.01. The predicted molar refractivity (Wildman–Crippen MR) is 230 cm³/mol. The highest BCUT2D eigenvalue weighted by Crippen LogP contribution is 2.38. The number of cyclic esters (lactones) is 1. The van der Waals surface area contributed by atoms with E-state index in [4.69, 9.17) is 22.3 Å². The first-order chi connectivity index (χ1) is 27.5. The van der Waals surface area contributed by atoms with Crippen LogP contribution in [-0.4, -0.2) is 56.4 Å². The number of nitrogens with one attached hydrogen (secondary N) is 1. The number of carbonyl (C=O) groups is 3. The summed E-state index contributed by atoms with van der Waals surface area (Å²) < 4.78 is 23.8. The Kier molecular flexibility index (Phi) is 18.4. The maximum Gasteiger partial charge on any atom is 0.410 e. The molecule has 0 spiro atoms. The van der Waals surface area contributed by atoms with Gasteiger partial charge in [0.1, 0.15) is 42.0 Å². The molecule has 0 radical (unpaired) electrons. The minimum atomic E-state index is -1.54. The zero-order chi connectivity index (χ0) is 42.4. The highest BCUT2D eigenvalue weighted by atomic mass is 127. The van der Waals surface area contributed by atoms with Crippen molar-refractivity contribution in [2.45, 2.75) is 127 Å². The number of para-hydroxylation sites is 1. The van der Waals surface area contributed by atoms with Crippen LogP contribution >= 0.6 is 23.0 Å². The lowest BCUT2D eigenvalue weighted by molar-refractivity contribution is -0.157. The lowest BCUT2D eigenvalue weighted by atomic mass is 9.97. The summed E-state index contributed by atoms with van der Waals surface area (Å²) in [5.74, 6) is -0.551. The molecule has 2 aliphatic rings. The number of hydrogen-bond acceptors (Lipinski definition) is 10. The van der Waals surface area contributed by atoms with E-state index in [2.05, 4.69) is 5.32 Å². The second kappa shape index (κ2) is 22.4. The van der Waals surface area contributed by atoms with Gasteiger partial charge in [-0.2, -0.15) is 0 Å². The molecule has 2 aromatic carbocycles. The number of halogens is 1. The van der Waals surface area contributed by atoms with Crippen molar-refractivity contribution in [1.29, 1.82) is 0 Å². The van der Waals surface area contributed by atoms with Gasteiger partial charge < -0.3 is 34.1 Å². The fourth-order valence-electron chi connectivity index (χ4n) is 6.37. The van der Waals surface area contributed by atoms with E-state index in [1.54, 1.807) is 63.7 Å². The Hall–Kier alpha value is -4.54. The lowest BCUT2D eigenvalue weighted by Gasteiger charge is -2.27. The van der Waals surface area contributed by atoms with Crippen molar-refractivity contribution in [3.05, 3.63) is 86.7 Å². The van der Waals surface area contributed by atoms with Crippen molar-refractivity contribution < 1.29 is 36.8 Å². The normalized spacial score (nSPS) is 13.8. The van der Waals surface area contributed by atoms with Crippen molar-refractivity contribution in [2.24, 2.45) is 0 Å². The summed E-state index contributed by atoms with van der Waals surface area (Å²) >= 11 is 1.77. The Bertz CT molecular complexity index is 2060. The first-order valence-electron chi connectivity index (χ1n) is 19.9. The summed E-state index contributed by atoms with van der Waals surface area (Å²) in [7, 11) is 0. The van der Waals surface area contributed by atoms with Gasteiger partial charge in [0, 0.05) is 41.9 Å². The highest BCUT2D eigenvalue weighted by Gasteiger charge is 2.35. The number of hydrogen-bond donors (Lipinski definition) is 2. The van der Waals surface area contributed by atoms with Crippen LogP contribution in [-0.2, 0) is 48.3 Å². The van der Waals surface area contributed by atoms with Crippen molar-refractivity contribution in [3.8, 4) is 17.1 Å². The molecule has 0 saturated heterocycles. The molecule has 0 saturated carbocycles. The summed E-state index contributed by atoms with van der Waals surface area (Å²) in [4.78, 5) is 58.0. The number of nitrogens with zero attached hydrogens (tertiary/aromatic N) is 3. The molecule has 13 nitrogen and oxygen atoms in total. The molecular formula is C43H57IN4O9. The Morgan fingerprint density at radius 1 is 1.04 bits per heavy atom. The number of rotatable bonds is 12. The third kappa shape index (κ3) is 10.7. The van der Waals surface area contributed by atoms with Crippen LogP contribution in [0.2, 0.25) is 0 Å². The summed E-state index contributed by atoms with van der Waals surface area (Å²) in [6.45, 7) is 19.8. The minimum absolute atomic E-state index is 0.0309. The Labute approximate surface area is 349 Å². The van der Waals surface area contributed by atoms with Crippen LogP contribution in [0, 0.1) is 0 Å². The van der Waals surface area contributed by atoms with Crippen LogP contribution < -0.4 is 15.6 Å². The first-order valence-corrected chi connectivity index (χ1v) is 20.7. The molecule has 4 aromatic rings. The van der Waals surface area contributed by atoms with E-state index in [-0.39, 0.29) is 48.4 Å². The van der Waals surface area contributed by atoms with E-state index in [9.17, 15) is 24.3 Å². The van der Waals surface area contributed by atoms with Crippen molar-refractivity contribution in [1.82, 2.24) is 14.5 Å². The standard InChI is InChI=1S/C37H39IN4O9.3C2H6/c1-5-31(43)39-28-12-11-21(15-30(28)50-32(6-2)51-38)18-49-37(47)41(20(3)4)14-13-22-23-9-7-8-10-27(23)40-33-25(22)17-42-29(33)16-24-26(35(42)45)19-48-36(46)34(24)44;3*1-2/h7-12,15-16,20,32,34,44H,5-6,13-14,17-19H2,1-4H3,(H,39,43);3*1-2H3. The van der Waals surface area contributed by atoms with Gasteiger partial charge in [-0.05, 0) is 55.7 Å². The van der Waals surface area contributed by atoms with Gasteiger partial charge in [-0.3, -0.25) is 12.7 Å². The Balaban J connectivity index is 0.00000138. The van der Waals surface area contributed by atoms with Crippen LogP contribution in [0.25, 0.3) is 22.3 Å². The number of aliphatic hydroxyl groups excluding tert-OH is 1. The quantitative estimate of drug-likeness (QED) is 0.0703. The average molecular weight is 901 g/mol. The number of pyridine rings is 2. The van der Waals surface area contributed by atoms with Crippen LogP contribution in [0.3, 0.4) is 0 Å². The van der Waals surface area contributed by atoms with Gasteiger partial charge in [-0.25, -0.2) is 14.6 Å². The molecule has 0 bridgehead atoms.